The zero-order valence-corrected chi connectivity index (χ0v) is 9.22. The molecule has 0 aromatic carbocycles. The first-order chi connectivity index (χ1) is 5.45. The van der Waals surface area contributed by atoms with E-state index in [1.807, 2.05) is 0 Å². The van der Waals surface area contributed by atoms with Crippen LogP contribution in [0.1, 0.15) is 34.6 Å². The summed E-state index contributed by atoms with van der Waals surface area (Å²) in [5.74, 6) is 2.11. The van der Waals surface area contributed by atoms with Crippen LogP contribution in [0.5, 0.6) is 0 Å². The summed E-state index contributed by atoms with van der Waals surface area (Å²) in [4.78, 5) is 0. The lowest BCUT2D eigenvalue weighted by Gasteiger charge is -2.20. The smallest absolute Gasteiger partial charge is 0.0999 e. The zero-order chi connectivity index (χ0) is 9.72. The van der Waals surface area contributed by atoms with Gasteiger partial charge in [0.15, 0.2) is 0 Å². The Morgan fingerprint density at radius 3 is 2.08 bits per heavy atom. The first-order valence-electron chi connectivity index (χ1n) is 4.93. The molecule has 0 N–H and O–H groups in total. The molecule has 0 spiro atoms. The van der Waals surface area contributed by atoms with Crippen molar-refractivity contribution >= 4 is 7.28 Å². The monoisotopic (exact) mass is 165 g/mol. The van der Waals surface area contributed by atoms with Gasteiger partial charge in [0, 0.05) is 0 Å². The summed E-state index contributed by atoms with van der Waals surface area (Å²) >= 11 is 0. The standard InChI is InChI=1S/C11H22B/c1-8(2)11(6)10(5)7-12-9(3)4/h9-11H,1,7H2,2-6H3/t10?,11-/m1/s1. The Hall–Kier alpha value is -0.195. The van der Waals surface area contributed by atoms with E-state index in [1.165, 1.54) is 11.9 Å². The van der Waals surface area contributed by atoms with Crippen molar-refractivity contribution in [1.29, 1.82) is 0 Å². The van der Waals surface area contributed by atoms with E-state index in [1.54, 1.807) is 0 Å². The summed E-state index contributed by atoms with van der Waals surface area (Å²) < 4.78 is 0. The van der Waals surface area contributed by atoms with Crippen LogP contribution in [0.3, 0.4) is 0 Å². The quantitative estimate of drug-likeness (QED) is 0.429. The van der Waals surface area contributed by atoms with Crippen molar-refractivity contribution in [3.8, 4) is 0 Å². The molecule has 0 aliphatic carbocycles. The third-order valence-electron chi connectivity index (χ3n) is 2.61. The largest absolute Gasteiger partial charge is 0.113 e. The molecule has 0 heterocycles. The van der Waals surface area contributed by atoms with Crippen LogP contribution < -0.4 is 0 Å². The fraction of sp³-hybridized carbons (Fsp3) is 0.818. The van der Waals surface area contributed by atoms with Gasteiger partial charge in [-0.1, -0.05) is 52.0 Å². The fourth-order valence-corrected chi connectivity index (χ4v) is 1.18. The highest BCUT2D eigenvalue weighted by atomic mass is 14.1. The lowest BCUT2D eigenvalue weighted by atomic mass is 9.59. The van der Waals surface area contributed by atoms with E-state index in [0.29, 0.717) is 11.7 Å². The molecular formula is C11H22B. The molecule has 1 heteroatoms. The van der Waals surface area contributed by atoms with Gasteiger partial charge in [0.2, 0.25) is 0 Å². The maximum atomic E-state index is 3.99. The van der Waals surface area contributed by atoms with Crippen LogP contribution in [0.25, 0.3) is 0 Å². The van der Waals surface area contributed by atoms with E-state index in [2.05, 4.69) is 48.5 Å². The topological polar surface area (TPSA) is 0 Å². The molecule has 1 radical (unpaired) electrons. The molecule has 0 aromatic heterocycles. The molecule has 0 aromatic rings. The molecule has 1 unspecified atom stereocenters. The second-order valence-corrected chi connectivity index (χ2v) is 4.33. The van der Waals surface area contributed by atoms with Gasteiger partial charge in [0.05, 0.1) is 0 Å². The van der Waals surface area contributed by atoms with Gasteiger partial charge in [-0.15, -0.1) is 0 Å². The Morgan fingerprint density at radius 1 is 1.25 bits per heavy atom. The van der Waals surface area contributed by atoms with Crippen molar-refractivity contribution in [2.45, 2.75) is 46.8 Å². The highest BCUT2D eigenvalue weighted by Crippen LogP contribution is 2.22. The predicted molar refractivity (Wildman–Crippen MR) is 58.8 cm³/mol. The van der Waals surface area contributed by atoms with Crippen LogP contribution in [0.15, 0.2) is 12.2 Å². The van der Waals surface area contributed by atoms with Gasteiger partial charge in [-0.05, 0) is 18.8 Å². The summed E-state index contributed by atoms with van der Waals surface area (Å²) in [5, 5.41) is 0. The molecule has 0 saturated heterocycles. The molecular weight excluding hydrogens is 143 g/mol. The molecule has 0 saturated carbocycles. The van der Waals surface area contributed by atoms with Gasteiger partial charge in [0.1, 0.15) is 7.28 Å². The molecule has 0 amide bonds. The fourth-order valence-electron chi connectivity index (χ4n) is 1.18. The average molecular weight is 165 g/mol. The van der Waals surface area contributed by atoms with Gasteiger partial charge in [0.25, 0.3) is 0 Å². The zero-order valence-electron chi connectivity index (χ0n) is 9.22. The third-order valence-corrected chi connectivity index (χ3v) is 2.61. The molecule has 0 bridgehead atoms. The molecule has 69 valence electrons. The van der Waals surface area contributed by atoms with E-state index < -0.39 is 0 Å². The Kier molecular flexibility index (Phi) is 5.36. The molecule has 0 aliphatic rings. The van der Waals surface area contributed by atoms with Crippen LogP contribution in [-0.4, -0.2) is 7.28 Å². The van der Waals surface area contributed by atoms with Crippen molar-refractivity contribution in [1.82, 2.24) is 0 Å². The molecule has 12 heavy (non-hydrogen) atoms. The molecule has 0 fully saturated rings. The van der Waals surface area contributed by atoms with Crippen molar-refractivity contribution in [3.63, 3.8) is 0 Å². The van der Waals surface area contributed by atoms with E-state index in [9.17, 15) is 0 Å². The maximum absolute atomic E-state index is 3.99. The minimum atomic E-state index is 0.653. The van der Waals surface area contributed by atoms with Gasteiger partial charge in [-0.25, -0.2) is 0 Å². The SMILES string of the molecule is C=C(C)[C@@H](C)C(C)C[B]C(C)C. The van der Waals surface area contributed by atoms with Crippen molar-refractivity contribution < 1.29 is 0 Å². The summed E-state index contributed by atoms with van der Waals surface area (Å²) in [6.07, 6.45) is 1.21. The summed E-state index contributed by atoms with van der Waals surface area (Å²) in [5.41, 5.74) is 1.31. The van der Waals surface area contributed by atoms with Crippen LogP contribution in [0.4, 0.5) is 0 Å². The van der Waals surface area contributed by atoms with Crippen LogP contribution in [0, 0.1) is 11.8 Å². The van der Waals surface area contributed by atoms with Crippen molar-refractivity contribution in [2.75, 3.05) is 0 Å². The van der Waals surface area contributed by atoms with Gasteiger partial charge in [-0.2, -0.15) is 0 Å². The maximum Gasteiger partial charge on any atom is 0.113 e. The molecule has 0 aliphatic heterocycles. The van der Waals surface area contributed by atoms with Gasteiger partial charge < -0.3 is 0 Å². The minimum absolute atomic E-state index is 0.653. The predicted octanol–water partition coefficient (Wildman–Crippen LogP) is 3.79. The Labute approximate surface area is 78.7 Å². The Bertz CT molecular complexity index is 138. The van der Waals surface area contributed by atoms with E-state index in [4.69, 9.17) is 0 Å². The molecule has 0 rings (SSSR count). The van der Waals surface area contributed by atoms with Gasteiger partial charge in [-0.3, -0.25) is 0 Å². The second-order valence-electron chi connectivity index (χ2n) is 4.33. The average Bonchev–Trinajstić information content (AvgIpc) is 1.98. The van der Waals surface area contributed by atoms with Crippen molar-refractivity contribution in [3.05, 3.63) is 12.2 Å². The first-order valence-corrected chi connectivity index (χ1v) is 4.93. The highest BCUT2D eigenvalue weighted by Gasteiger charge is 2.13. The van der Waals surface area contributed by atoms with E-state index in [0.717, 1.165) is 5.92 Å². The summed E-state index contributed by atoms with van der Waals surface area (Å²) in [7, 11) is 2.39. The van der Waals surface area contributed by atoms with Crippen LogP contribution in [-0.2, 0) is 0 Å². The first kappa shape index (κ1) is 11.8. The number of rotatable bonds is 5. The Balaban J connectivity index is 3.71. The van der Waals surface area contributed by atoms with Gasteiger partial charge >= 0.3 is 0 Å². The molecule has 0 nitrogen and oxygen atoms in total. The lowest BCUT2D eigenvalue weighted by Crippen LogP contribution is -2.12. The van der Waals surface area contributed by atoms with E-state index in [-0.39, 0.29) is 0 Å². The number of hydrogen-bond donors (Lipinski definition) is 0. The second kappa shape index (κ2) is 5.45. The lowest BCUT2D eigenvalue weighted by molar-refractivity contribution is 0.478. The highest BCUT2D eigenvalue weighted by molar-refractivity contribution is 6.37. The third kappa shape index (κ3) is 4.64. The van der Waals surface area contributed by atoms with Crippen LogP contribution >= 0.6 is 0 Å². The summed E-state index contributed by atoms with van der Waals surface area (Å²) in [6, 6.07) is 0. The van der Waals surface area contributed by atoms with Crippen molar-refractivity contribution in [2.24, 2.45) is 11.8 Å². The number of hydrogen-bond acceptors (Lipinski definition) is 0. The van der Waals surface area contributed by atoms with E-state index >= 15 is 0 Å². The van der Waals surface area contributed by atoms with Crippen LogP contribution in [0.2, 0.25) is 12.1 Å². The number of allylic oxidation sites excluding steroid dienone is 1. The minimum Gasteiger partial charge on any atom is -0.0999 e. The molecule has 2 atom stereocenters. The normalized spacial score (nSPS) is 15.8. The summed E-state index contributed by atoms with van der Waals surface area (Å²) in [6.45, 7) is 15.1. The Morgan fingerprint density at radius 2 is 1.75 bits per heavy atom.